The molecule has 0 bridgehead atoms. The Morgan fingerprint density at radius 3 is 2.67 bits per heavy atom. The quantitative estimate of drug-likeness (QED) is 0.919. The van der Waals surface area contributed by atoms with E-state index in [0.29, 0.717) is 18.1 Å². The summed E-state index contributed by atoms with van der Waals surface area (Å²) in [5, 5.41) is 3.01. The number of benzene rings is 1. The van der Waals surface area contributed by atoms with Gasteiger partial charge in [0.1, 0.15) is 11.6 Å². The van der Waals surface area contributed by atoms with E-state index in [1.807, 2.05) is 0 Å². The minimum Gasteiger partial charge on any atom is -0.482 e. The molecule has 7 heteroatoms. The van der Waals surface area contributed by atoms with Crippen molar-refractivity contribution in [1.29, 1.82) is 0 Å². The van der Waals surface area contributed by atoms with Gasteiger partial charge in [-0.2, -0.15) is 13.2 Å². The van der Waals surface area contributed by atoms with Gasteiger partial charge in [0.05, 0.1) is 17.9 Å². The fourth-order valence-electron chi connectivity index (χ4n) is 1.69. The van der Waals surface area contributed by atoms with E-state index in [2.05, 4.69) is 15.3 Å². The molecular weight excluding hydrogens is 283 g/mol. The van der Waals surface area contributed by atoms with Gasteiger partial charge in [0.25, 0.3) is 0 Å². The summed E-state index contributed by atoms with van der Waals surface area (Å²) >= 11 is 0. The lowest BCUT2D eigenvalue weighted by Gasteiger charge is -2.14. The first-order valence-corrected chi connectivity index (χ1v) is 6.25. The standard InChI is InChI=1S/C14H14F3N3O/c1-10-18-7-6-11(20-10)8-19-12-4-2-3-5-13(12)21-9-14(15,16)17/h2-7,19H,8-9H2,1H3. The van der Waals surface area contributed by atoms with Crippen LogP contribution in [0.5, 0.6) is 5.75 Å². The van der Waals surface area contributed by atoms with E-state index < -0.39 is 12.8 Å². The van der Waals surface area contributed by atoms with Crippen LogP contribution in [-0.2, 0) is 6.54 Å². The summed E-state index contributed by atoms with van der Waals surface area (Å²) in [6, 6.07) is 8.21. The van der Waals surface area contributed by atoms with Gasteiger partial charge in [-0.1, -0.05) is 12.1 Å². The number of aromatic nitrogens is 2. The van der Waals surface area contributed by atoms with Crippen LogP contribution in [0.15, 0.2) is 36.5 Å². The molecule has 0 amide bonds. The van der Waals surface area contributed by atoms with Crippen LogP contribution in [0.2, 0.25) is 0 Å². The Bertz CT molecular complexity index is 602. The molecule has 0 fully saturated rings. The topological polar surface area (TPSA) is 47.0 Å². The van der Waals surface area contributed by atoms with E-state index in [4.69, 9.17) is 4.74 Å². The molecule has 1 aromatic heterocycles. The maximum atomic E-state index is 12.2. The monoisotopic (exact) mass is 297 g/mol. The van der Waals surface area contributed by atoms with Crippen LogP contribution in [0.3, 0.4) is 0 Å². The van der Waals surface area contributed by atoms with Crippen LogP contribution in [-0.4, -0.2) is 22.8 Å². The predicted molar refractivity (Wildman–Crippen MR) is 72.1 cm³/mol. The summed E-state index contributed by atoms with van der Waals surface area (Å²) < 4.78 is 41.4. The number of anilines is 1. The highest BCUT2D eigenvalue weighted by molar-refractivity contribution is 5.56. The highest BCUT2D eigenvalue weighted by atomic mass is 19.4. The number of hydrogen-bond donors (Lipinski definition) is 1. The second-order valence-corrected chi connectivity index (χ2v) is 4.35. The third-order valence-corrected chi connectivity index (χ3v) is 2.57. The van der Waals surface area contributed by atoms with Crippen molar-refractivity contribution >= 4 is 5.69 Å². The number of para-hydroxylation sites is 2. The fraction of sp³-hybridized carbons (Fsp3) is 0.286. The molecule has 0 aliphatic heterocycles. The van der Waals surface area contributed by atoms with Crippen molar-refractivity contribution in [3.05, 3.63) is 48.0 Å². The number of hydrogen-bond acceptors (Lipinski definition) is 4. The van der Waals surface area contributed by atoms with Crippen molar-refractivity contribution in [3.63, 3.8) is 0 Å². The number of nitrogens with one attached hydrogen (secondary N) is 1. The first-order valence-electron chi connectivity index (χ1n) is 6.25. The molecule has 0 aliphatic carbocycles. The van der Waals surface area contributed by atoms with Crippen molar-refractivity contribution in [1.82, 2.24) is 9.97 Å². The van der Waals surface area contributed by atoms with Crippen LogP contribution >= 0.6 is 0 Å². The number of ether oxygens (including phenoxy) is 1. The van der Waals surface area contributed by atoms with Crippen LogP contribution in [0.4, 0.5) is 18.9 Å². The van der Waals surface area contributed by atoms with Gasteiger partial charge in [0.15, 0.2) is 6.61 Å². The minimum absolute atomic E-state index is 0.153. The lowest BCUT2D eigenvalue weighted by molar-refractivity contribution is -0.153. The Hall–Kier alpha value is -2.31. The number of alkyl halides is 3. The van der Waals surface area contributed by atoms with Gasteiger partial charge in [-0.25, -0.2) is 9.97 Å². The molecule has 0 spiro atoms. The van der Waals surface area contributed by atoms with E-state index in [1.54, 1.807) is 37.4 Å². The van der Waals surface area contributed by atoms with Gasteiger partial charge >= 0.3 is 6.18 Å². The van der Waals surface area contributed by atoms with Crippen molar-refractivity contribution in [3.8, 4) is 5.75 Å². The normalized spacial score (nSPS) is 11.2. The molecule has 1 aromatic carbocycles. The van der Waals surface area contributed by atoms with Gasteiger partial charge in [0, 0.05) is 6.20 Å². The van der Waals surface area contributed by atoms with E-state index in [9.17, 15) is 13.2 Å². The van der Waals surface area contributed by atoms with Crippen molar-refractivity contribution < 1.29 is 17.9 Å². The lowest BCUT2D eigenvalue weighted by atomic mass is 10.3. The number of rotatable bonds is 5. The summed E-state index contributed by atoms with van der Waals surface area (Å²) in [5.41, 5.74) is 1.23. The summed E-state index contributed by atoms with van der Waals surface area (Å²) in [5.74, 6) is 0.788. The Morgan fingerprint density at radius 2 is 1.95 bits per heavy atom. The second kappa shape index (κ2) is 6.43. The summed E-state index contributed by atoms with van der Waals surface area (Å²) in [6.07, 6.45) is -2.73. The van der Waals surface area contributed by atoms with E-state index in [0.717, 1.165) is 5.69 Å². The zero-order valence-corrected chi connectivity index (χ0v) is 11.3. The molecule has 0 unspecified atom stereocenters. The highest BCUT2D eigenvalue weighted by Crippen LogP contribution is 2.26. The lowest BCUT2D eigenvalue weighted by Crippen LogP contribution is -2.19. The highest BCUT2D eigenvalue weighted by Gasteiger charge is 2.28. The molecule has 0 saturated heterocycles. The fourth-order valence-corrected chi connectivity index (χ4v) is 1.69. The van der Waals surface area contributed by atoms with Gasteiger partial charge < -0.3 is 10.1 Å². The van der Waals surface area contributed by atoms with Crippen molar-refractivity contribution in [2.45, 2.75) is 19.6 Å². The van der Waals surface area contributed by atoms with Gasteiger partial charge in [-0.3, -0.25) is 0 Å². The van der Waals surface area contributed by atoms with Crippen LogP contribution < -0.4 is 10.1 Å². The Morgan fingerprint density at radius 1 is 1.19 bits per heavy atom. The summed E-state index contributed by atoms with van der Waals surface area (Å²) in [4.78, 5) is 8.19. The number of nitrogens with zero attached hydrogens (tertiary/aromatic N) is 2. The molecule has 4 nitrogen and oxygen atoms in total. The van der Waals surface area contributed by atoms with Crippen LogP contribution in [0.25, 0.3) is 0 Å². The molecule has 0 atom stereocenters. The van der Waals surface area contributed by atoms with E-state index >= 15 is 0 Å². The molecule has 2 aromatic rings. The average molecular weight is 297 g/mol. The van der Waals surface area contributed by atoms with E-state index in [-0.39, 0.29) is 5.75 Å². The third-order valence-electron chi connectivity index (χ3n) is 2.57. The minimum atomic E-state index is -4.36. The van der Waals surface area contributed by atoms with Gasteiger partial charge in [-0.05, 0) is 25.1 Å². The van der Waals surface area contributed by atoms with E-state index in [1.165, 1.54) is 6.07 Å². The Kier molecular flexibility index (Phi) is 4.62. The predicted octanol–water partition coefficient (Wildman–Crippen LogP) is 3.34. The molecule has 1 N–H and O–H groups in total. The Labute approximate surface area is 120 Å². The molecule has 2 rings (SSSR count). The average Bonchev–Trinajstić information content (AvgIpc) is 2.43. The molecule has 112 valence electrons. The van der Waals surface area contributed by atoms with Crippen molar-refractivity contribution in [2.75, 3.05) is 11.9 Å². The van der Waals surface area contributed by atoms with Crippen molar-refractivity contribution in [2.24, 2.45) is 0 Å². The molecule has 0 saturated carbocycles. The second-order valence-electron chi connectivity index (χ2n) is 4.35. The number of halogens is 3. The molecule has 0 radical (unpaired) electrons. The maximum Gasteiger partial charge on any atom is 0.422 e. The smallest absolute Gasteiger partial charge is 0.422 e. The number of aryl methyl sites for hydroxylation is 1. The maximum absolute atomic E-state index is 12.2. The zero-order valence-electron chi connectivity index (χ0n) is 11.3. The van der Waals surface area contributed by atoms with Gasteiger partial charge in [0.2, 0.25) is 0 Å². The SMILES string of the molecule is Cc1nccc(CNc2ccccc2OCC(F)(F)F)n1. The Balaban J connectivity index is 2.03. The molecule has 1 heterocycles. The zero-order chi connectivity index (χ0) is 15.3. The first kappa shape index (κ1) is 15.1. The first-order chi connectivity index (χ1) is 9.94. The summed E-state index contributed by atoms with van der Waals surface area (Å²) in [7, 11) is 0. The molecular formula is C14H14F3N3O. The van der Waals surface area contributed by atoms with Crippen LogP contribution in [0, 0.1) is 6.92 Å². The van der Waals surface area contributed by atoms with Crippen LogP contribution in [0.1, 0.15) is 11.5 Å². The molecule has 0 aliphatic rings. The largest absolute Gasteiger partial charge is 0.482 e. The molecule has 21 heavy (non-hydrogen) atoms. The van der Waals surface area contributed by atoms with Gasteiger partial charge in [-0.15, -0.1) is 0 Å². The third kappa shape index (κ3) is 4.94. The summed E-state index contributed by atoms with van der Waals surface area (Å²) in [6.45, 7) is 0.817.